The van der Waals surface area contributed by atoms with Gasteiger partial charge in [-0.1, -0.05) is 0 Å². The zero-order valence-corrected chi connectivity index (χ0v) is 17.1. The number of hydrogen-bond acceptors (Lipinski definition) is 5. The lowest BCUT2D eigenvalue weighted by Crippen LogP contribution is -2.41. The Bertz CT molecular complexity index is 939. The van der Waals surface area contributed by atoms with Crippen LogP contribution in [0.4, 0.5) is 27.3 Å². The van der Waals surface area contributed by atoms with Crippen LogP contribution in [0, 0.1) is 5.82 Å². The van der Waals surface area contributed by atoms with E-state index in [1.54, 1.807) is 4.90 Å². The second kappa shape index (κ2) is 8.22. The van der Waals surface area contributed by atoms with E-state index in [4.69, 9.17) is 4.74 Å². The molecule has 4 heterocycles. The molecule has 2 fully saturated rings. The number of pyridine rings is 1. The van der Waals surface area contributed by atoms with E-state index in [1.165, 1.54) is 31.5 Å². The Morgan fingerprint density at radius 2 is 2.00 bits per heavy atom. The van der Waals surface area contributed by atoms with Gasteiger partial charge in [0.05, 0.1) is 24.1 Å². The van der Waals surface area contributed by atoms with Crippen LogP contribution in [0.15, 0.2) is 30.5 Å². The first kappa shape index (κ1) is 19.3. The minimum Gasteiger partial charge on any atom is -0.371 e. The molecule has 0 spiro atoms. The van der Waals surface area contributed by atoms with Crippen LogP contribution < -0.4 is 15.1 Å². The average molecular weight is 410 g/mol. The standard InChI is InChI=1S/C23H27FN4O2/c24-17-12-16-15-28(23(29)21-6-2-5-11-30-21)20-13-18(27-9-3-1-4-10-27)7-8-19(20)26-22(16)25-14-17/h7-8,12-14,21H,1-6,9-11,15H2,(H,25,26)/t21-/m1/s1. The van der Waals surface area contributed by atoms with Gasteiger partial charge in [-0.25, -0.2) is 9.37 Å². The molecule has 3 aliphatic rings. The van der Waals surface area contributed by atoms with Crippen molar-refractivity contribution in [2.75, 3.05) is 34.8 Å². The van der Waals surface area contributed by atoms with Crippen molar-refractivity contribution in [3.8, 4) is 0 Å². The van der Waals surface area contributed by atoms with E-state index in [-0.39, 0.29) is 12.5 Å². The summed E-state index contributed by atoms with van der Waals surface area (Å²) in [4.78, 5) is 21.9. The third kappa shape index (κ3) is 3.74. The highest BCUT2D eigenvalue weighted by molar-refractivity contribution is 6.01. The zero-order chi connectivity index (χ0) is 20.5. The number of benzene rings is 1. The molecule has 1 N–H and O–H groups in total. The summed E-state index contributed by atoms with van der Waals surface area (Å²) in [7, 11) is 0. The first-order valence-corrected chi connectivity index (χ1v) is 10.9. The van der Waals surface area contributed by atoms with Gasteiger partial charge in [0.1, 0.15) is 17.7 Å². The van der Waals surface area contributed by atoms with Crippen molar-refractivity contribution in [1.82, 2.24) is 4.98 Å². The summed E-state index contributed by atoms with van der Waals surface area (Å²) in [5, 5.41) is 3.32. The van der Waals surface area contributed by atoms with Crippen molar-refractivity contribution in [2.24, 2.45) is 0 Å². The lowest BCUT2D eigenvalue weighted by atomic mass is 10.1. The number of carbonyl (C=O) groups excluding carboxylic acids is 1. The van der Waals surface area contributed by atoms with Crippen molar-refractivity contribution in [2.45, 2.75) is 51.2 Å². The van der Waals surface area contributed by atoms with Crippen LogP contribution >= 0.6 is 0 Å². The molecule has 2 aromatic rings. The fourth-order valence-corrected chi connectivity index (χ4v) is 4.60. The van der Waals surface area contributed by atoms with Crippen LogP contribution in [0.25, 0.3) is 0 Å². The molecule has 158 valence electrons. The highest BCUT2D eigenvalue weighted by Crippen LogP contribution is 2.39. The molecule has 1 aromatic heterocycles. The van der Waals surface area contributed by atoms with Crippen molar-refractivity contribution in [3.63, 3.8) is 0 Å². The SMILES string of the molecule is O=C([C@H]1CCCCO1)N1Cc2cc(F)cnc2Nc2ccc(N3CCCCC3)cc21. The zero-order valence-electron chi connectivity index (χ0n) is 17.1. The molecule has 3 aliphatic heterocycles. The fraction of sp³-hybridized carbons (Fsp3) is 0.478. The number of nitrogens with one attached hydrogen (secondary N) is 1. The van der Waals surface area contributed by atoms with E-state index in [0.29, 0.717) is 18.0 Å². The van der Waals surface area contributed by atoms with Crippen LogP contribution in [0.1, 0.15) is 44.1 Å². The number of piperidine rings is 1. The lowest BCUT2D eigenvalue weighted by Gasteiger charge is -2.32. The molecule has 7 heteroatoms. The van der Waals surface area contributed by atoms with Crippen molar-refractivity contribution in [1.29, 1.82) is 0 Å². The third-order valence-electron chi connectivity index (χ3n) is 6.23. The molecule has 1 atom stereocenters. The number of anilines is 4. The van der Waals surface area contributed by atoms with Gasteiger partial charge in [0.15, 0.2) is 0 Å². The van der Waals surface area contributed by atoms with Crippen molar-refractivity contribution in [3.05, 3.63) is 41.8 Å². The smallest absolute Gasteiger partial charge is 0.256 e. The number of rotatable bonds is 2. The quantitative estimate of drug-likeness (QED) is 0.797. The Kier molecular flexibility index (Phi) is 5.29. The molecular formula is C23H27FN4O2. The number of ether oxygens (including phenoxy) is 1. The van der Waals surface area contributed by atoms with Crippen molar-refractivity contribution < 1.29 is 13.9 Å². The van der Waals surface area contributed by atoms with E-state index in [9.17, 15) is 9.18 Å². The number of amides is 1. The normalized spacial score (nSPS) is 21.3. The Balaban J connectivity index is 1.55. The molecule has 2 saturated heterocycles. The molecule has 1 aromatic carbocycles. The molecule has 30 heavy (non-hydrogen) atoms. The Hall–Kier alpha value is -2.67. The van der Waals surface area contributed by atoms with Crippen LogP contribution in [-0.4, -0.2) is 36.7 Å². The number of aromatic nitrogens is 1. The molecule has 6 nitrogen and oxygen atoms in total. The monoisotopic (exact) mass is 410 g/mol. The lowest BCUT2D eigenvalue weighted by molar-refractivity contribution is -0.132. The summed E-state index contributed by atoms with van der Waals surface area (Å²) in [5.41, 5.74) is 3.38. The molecular weight excluding hydrogens is 383 g/mol. The number of fused-ring (bicyclic) bond motifs is 2. The van der Waals surface area contributed by atoms with E-state index in [1.807, 2.05) is 6.07 Å². The van der Waals surface area contributed by atoms with Gasteiger partial charge in [-0.2, -0.15) is 0 Å². The minimum absolute atomic E-state index is 0.0642. The predicted octanol–water partition coefficient (Wildman–Crippen LogP) is 4.37. The summed E-state index contributed by atoms with van der Waals surface area (Å²) in [6, 6.07) is 7.62. The number of carbonyl (C=O) groups is 1. The maximum atomic E-state index is 13.9. The molecule has 0 aliphatic carbocycles. The molecule has 0 radical (unpaired) electrons. The molecule has 0 unspecified atom stereocenters. The van der Waals surface area contributed by atoms with Gasteiger partial charge < -0.3 is 19.9 Å². The summed E-state index contributed by atoms with van der Waals surface area (Å²) in [5.74, 6) is 0.116. The van der Waals surface area contributed by atoms with Crippen LogP contribution in [-0.2, 0) is 16.1 Å². The van der Waals surface area contributed by atoms with Gasteiger partial charge in [0.2, 0.25) is 0 Å². The van der Waals surface area contributed by atoms with Gasteiger partial charge in [0.25, 0.3) is 5.91 Å². The van der Waals surface area contributed by atoms with Crippen LogP contribution in [0.5, 0.6) is 0 Å². The van der Waals surface area contributed by atoms with E-state index >= 15 is 0 Å². The predicted molar refractivity (Wildman–Crippen MR) is 115 cm³/mol. The topological polar surface area (TPSA) is 57.7 Å². The van der Waals surface area contributed by atoms with Crippen LogP contribution in [0.3, 0.4) is 0 Å². The highest BCUT2D eigenvalue weighted by Gasteiger charge is 2.32. The average Bonchev–Trinajstić information content (AvgIpc) is 2.95. The first-order chi connectivity index (χ1) is 14.7. The van der Waals surface area contributed by atoms with Gasteiger partial charge in [-0.15, -0.1) is 0 Å². The Morgan fingerprint density at radius 3 is 2.80 bits per heavy atom. The van der Waals surface area contributed by atoms with Crippen molar-refractivity contribution >= 4 is 28.8 Å². The minimum atomic E-state index is -0.451. The largest absolute Gasteiger partial charge is 0.371 e. The Morgan fingerprint density at radius 1 is 1.13 bits per heavy atom. The second-order valence-corrected chi connectivity index (χ2v) is 8.32. The van der Waals surface area contributed by atoms with E-state index in [0.717, 1.165) is 49.4 Å². The van der Waals surface area contributed by atoms with E-state index in [2.05, 4.69) is 27.3 Å². The number of nitrogens with zero attached hydrogens (tertiary/aromatic N) is 3. The second-order valence-electron chi connectivity index (χ2n) is 8.32. The van der Waals surface area contributed by atoms with Gasteiger partial charge in [0, 0.05) is 30.9 Å². The van der Waals surface area contributed by atoms with Crippen LogP contribution in [0.2, 0.25) is 0 Å². The summed E-state index contributed by atoms with van der Waals surface area (Å²) >= 11 is 0. The first-order valence-electron chi connectivity index (χ1n) is 10.9. The van der Waals surface area contributed by atoms with Gasteiger partial charge >= 0.3 is 0 Å². The Labute approximate surface area is 176 Å². The summed E-state index contributed by atoms with van der Waals surface area (Å²) in [6.45, 7) is 2.93. The van der Waals surface area contributed by atoms with E-state index < -0.39 is 11.9 Å². The summed E-state index contributed by atoms with van der Waals surface area (Å²) < 4.78 is 19.7. The molecule has 0 saturated carbocycles. The molecule has 5 rings (SSSR count). The van der Waals surface area contributed by atoms with Gasteiger partial charge in [-0.3, -0.25) is 4.79 Å². The maximum absolute atomic E-state index is 13.9. The summed E-state index contributed by atoms with van der Waals surface area (Å²) in [6.07, 6.45) is 7.07. The van der Waals surface area contributed by atoms with Gasteiger partial charge in [-0.05, 0) is 62.8 Å². The number of hydrogen-bond donors (Lipinski definition) is 1. The molecule has 1 amide bonds. The fourth-order valence-electron chi connectivity index (χ4n) is 4.60. The molecule has 0 bridgehead atoms. The maximum Gasteiger partial charge on any atom is 0.256 e. The highest BCUT2D eigenvalue weighted by atomic mass is 19.1. The number of halogens is 1. The third-order valence-corrected chi connectivity index (χ3v) is 6.23.